The van der Waals surface area contributed by atoms with Gasteiger partial charge in [0.05, 0.1) is 0 Å². The first-order valence-electron chi connectivity index (χ1n) is 4.17. The van der Waals surface area contributed by atoms with E-state index in [9.17, 15) is 0 Å². The summed E-state index contributed by atoms with van der Waals surface area (Å²) in [6, 6.07) is 0. The molecule has 0 unspecified atom stereocenters. The van der Waals surface area contributed by atoms with E-state index in [0.29, 0.717) is 0 Å². The van der Waals surface area contributed by atoms with Gasteiger partial charge >= 0.3 is 0 Å². The van der Waals surface area contributed by atoms with E-state index < -0.39 is 0 Å². The SMILES string of the molecule is CC.CNCC1=CC=CCN1. The van der Waals surface area contributed by atoms with Crippen LogP contribution in [0.25, 0.3) is 0 Å². The number of hydrogen-bond acceptors (Lipinski definition) is 2. The maximum Gasteiger partial charge on any atom is 0.0351 e. The van der Waals surface area contributed by atoms with Crippen molar-refractivity contribution in [1.82, 2.24) is 10.6 Å². The number of allylic oxidation sites excluding steroid dienone is 2. The minimum Gasteiger partial charge on any atom is -0.384 e. The van der Waals surface area contributed by atoms with Gasteiger partial charge in [-0.25, -0.2) is 0 Å². The van der Waals surface area contributed by atoms with Crippen molar-refractivity contribution in [3.63, 3.8) is 0 Å². The minimum absolute atomic E-state index is 0.935. The molecule has 0 bridgehead atoms. The third-order valence-electron chi connectivity index (χ3n) is 1.25. The molecule has 1 rings (SSSR count). The summed E-state index contributed by atoms with van der Waals surface area (Å²) in [5.41, 5.74) is 1.26. The Hall–Kier alpha value is -0.760. The summed E-state index contributed by atoms with van der Waals surface area (Å²) in [6.07, 6.45) is 6.25. The summed E-state index contributed by atoms with van der Waals surface area (Å²) in [6.45, 7) is 5.90. The van der Waals surface area contributed by atoms with Crippen molar-refractivity contribution >= 4 is 0 Å². The quantitative estimate of drug-likeness (QED) is 0.626. The Kier molecular flexibility index (Phi) is 6.84. The predicted octanol–water partition coefficient (Wildman–Crippen LogP) is 1.28. The van der Waals surface area contributed by atoms with Crippen molar-refractivity contribution in [1.29, 1.82) is 0 Å². The van der Waals surface area contributed by atoms with E-state index in [-0.39, 0.29) is 0 Å². The molecule has 0 fully saturated rings. The van der Waals surface area contributed by atoms with Crippen LogP contribution >= 0.6 is 0 Å². The normalized spacial score (nSPS) is 14.3. The van der Waals surface area contributed by atoms with Crippen molar-refractivity contribution in [2.45, 2.75) is 13.8 Å². The van der Waals surface area contributed by atoms with Gasteiger partial charge in [0, 0.05) is 18.8 Å². The lowest BCUT2D eigenvalue weighted by Gasteiger charge is -2.10. The topological polar surface area (TPSA) is 24.1 Å². The molecule has 2 N–H and O–H groups in total. The molecule has 0 aromatic rings. The van der Waals surface area contributed by atoms with Crippen molar-refractivity contribution in [2.75, 3.05) is 20.1 Å². The van der Waals surface area contributed by atoms with E-state index in [4.69, 9.17) is 0 Å². The second-order valence-corrected chi connectivity index (χ2v) is 2.03. The number of rotatable bonds is 2. The van der Waals surface area contributed by atoms with Crippen LogP contribution in [-0.2, 0) is 0 Å². The first-order valence-corrected chi connectivity index (χ1v) is 4.17. The number of dihydropyridines is 1. The molecule has 0 aliphatic carbocycles. The maximum atomic E-state index is 3.23. The number of nitrogens with one attached hydrogen (secondary N) is 2. The molecule has 0 aromatic heterocycles. The average molecular weight is 154 g/mol. The first kappa shape index (κ1) is 10.2. The van der Waals surface area contributed by atoms with Crippen LogP contribution in [0.4, 0.5) is 0 Å². The van der Waals surface area contributed by atoms with E-state index in [2.05, 4.69) is 28.9 Å². The average Bonchev–Trinajstić information content (AvgIpc) is 2.11. The lowest BCUT2D eigenvalue weighted by atomic mass is 10.3. The predicted molar refractivity (Wildman–Crippen MR) is 50.5 cm³/mol. The Labute approximate surface area is 69.4 Å². The smallest absolute Gasteiger partial charge is 0.0351 e. The van der Waals surface area contributed by atoms with Gasteiger partial charge in [-0.05, 0) is 13.1 Å². The summed E-state index contributed by atoms with van der Waals surface area (Å²) in [5, 5.41) is 6.30. The Morgan fingerprint density at radius 3 is 2.73 bits per heavy atom. The van der Waals surface area contributed by atoms with Gasteiger partial charge in [0.15, 0.2) is 0 Å². The second kappa shape index (κ2) is 7.35. The van der Waals surface area contributed by atoms with Crippen LogP contribution < -0.4 is 10.6 Å². The summed E-state index contributed by atoms with van der Waals surface area (Å²) in [4.78, 5) is 0. The fourth-order valence-corrected chi connectivity index (χ4v) is 0.813. The fraction of sp³-hybridized carbons (Fsp3) is 0.556. The van der Waals surface area contributed by atoms with Crippen LogP contribution in [0.3, 0.4) is 0 Å². The van der Waals surface area contributed by atoms with Gasteiger partial charge in [0.25, 0.3) is 0 Å². The monoisotopic (exact) mass is 154 g/mol. The highest BCUT2D eigenvalue weighted by Gasteiger charge is 1.93. The molecule has 0 saturated heterocycles. The largest absolute Gasteiger partial charge is 0.384 e. The zero-order chi connectivity index (χ0) is 8.53. The second-order valence-electron chi connectivity index (χ2n) is 2.03. The molecular weight excluding hydrogens is 136 g/mol. The summed E-state index contributed by atoms with van der Waals surface area (Å²) < 4.78 is 0. The molecule has 0 amide bonds. The third kappa shape index (κ3) is 4.62. The first-order chi connectivity index (χ1) is 5.43. The Bertz CT molecular complexity index is 136. The van der Waals surface area contributed by atoms with Crippen LogP contribution in [0.15, 0.2) is 23.9 Å². The highest BCUT2D eigenvalue weighted by atomic mass is 14.9. The van der Waals surface area contributed by atoms with Gasteiger partial charge in [-0.15, -0.1) is 0 Å². The molecule has 64 valence electrons. The molecule has 1 heterocycles. The van der Waals surface area contributed by atoms with Gasteiger partial charge < -0.3 is 10.6 Å². The minimum atomic E-state index is 0.935. The fourth-order valence-electron chi connectivity index (χ4n) is 0.813. The standard InChI is InChI=1S/C7H12N2.C2H6/c1-8-6-7-4-2-3-5-9-7;1-2/h2-4,8-9H,5-6H2,1H3;1-2H3. The maximum absolute atomic E-state index is 3.23. The highest BCUT2D eigenvalue weighted by molar-refractivity contribution is 5.17. The van der Waals surface area contributed by atoms with Crippen LogP contribution in [0.1, 0.15) is 13.8 Å². The summed E-state index contributed by atoms with van der Waals surface area (Å²) >= 11 is 0. The van der Waals surface area contributed by atoms with Crippen molar-refractivity contribution in [2.24, 2.45) is 0 Å². The van der Waals surface area contributed by atoms with Crippen molar-refractivity contribution < 1.29 is 0 Å². The molecule has 2 heteroatoms. The summed E-state index contributed by atoms with van der Waals surface area (Å²) in [5.74, 6) is 0. The molecule has 0 spiro atoms. The lowest BCUT2D eigenvalue weighted by molar-refractivity contribution is 0.776. The number of likely N-dealkylation sites (N-methyl/N-ethyl adjacent to an activating group) is 1. The van der Waals surface area contributed by atoms with Gasteiger partial charge in [-0.2, -0.15) is 0 Å². The van der Waals surface area contributed by atoms with Crippen LogP contribution in [0, 0.1) is 0 Å². The lowest BCUT2D eigenvalue weighted by Crippen LogP contribution is -2.24. The summed E-state index contributed by atoms with van der Waals surface area (Å²) in [7, 11) is 1.95. The molecule has 1 aliphatic rings. The van der Waals surface area contributed by atoms with Crippen molar-refractivity contribution in [3.05, 3.63) is 23.9 Å². The van der Waals surface area contributed by atoms with E-state index >= 15 is 0 Å². The Balaban J connectivity index is 0.000000461. The Morgan fingerprint density at radius 2 is 2.27 bits per heavy atom. The number of hydrogen-bond donors (Lipinski definition) is 2. The van der Waals surface area contributed by atoms with E-state index in [1.165, 1.54) is 5.70 Å². The molecule has 2 nitrogen and oxygen atoms in total. The van der Waals surface area contributed by atoms with Gasteiger partial charge in [-0.1, -0.05) is 26.0 Å². The zero-order valence-electron chi connectivity index (χ0n) is 7.65. The van der Waals surface area contributed by atoms with Crippen LogP contribution in [0.2, 0.25) is 0 Å². The van der Waals surface area contributed by atoms with Gasteiger partial charge in [0.2, 0.25) is 0 Å². The molecule has 0 radical (unpaired) electrons. The molecule has 0 aromatic carbocycles. The van der Waals surface area contributed by atoms with Crippen LogP contribution in [0.5, 0.6) is 0 Å². The molecule has 11 heavy (non-hydrogen) atoms. The highest BCUT2D eigenvalue weighted by Crippen LogP contribution is 1.92. The van der Waals surface area contributed by atoms with Gasteiger partial charge in [0.1, 0.15) is 0 Å². The molecule has 0 atom stereocenters. The van der Waals surface area contributed by atoms with Crippen LogP contribution in [-0.4, -0.2) is 20.1 Å². The molecule has 1 aliphatic heterocycles. The van der Waals surface area contributed by atoms with Crippen molar-refractivity contribution in [3.8, 4) is 0 Å². The third-order valence-corrected chi connectivity index (χ3v) is 1.25. The Morgan fingerprint density at radius 1 is 1.55 bits per heavy atom. The van der Waals surface area contributed by atoms with E-state index in [0.717, 1.165) is 13.1 Å². The van der Waals surface area contributed by atoms with Gasteiger partial charge in [-0.3, -0.25) is 0 Å². The molecular formula is C9H18N2. The zero-order valence-corrected chi connectivity index (χ0v) is 7.65. The molecule has 0 saturated carbocycles. The van der Waals surface area contributed by atoms with E-state index in [1.807, 2.05) is 20.9 Å². The van der Waals surface area contributed by atoms with E-state index in [1.54, 1.807) is 0 Å².